The van der Waals surface area contributed by atoms with Crippen LogP contribution in [-0.2, 0) is 11.3 Å². The monoisotopic (exact) mass is 481 g/mol. The molecule has 0 fully saturated rings. The third-order valence-electron chi connectivity index (χ3n) is 4.79. The van der Waals surface area contributed by atoms with Gasteiger partial charge in [0.15, 0.2) is 11.0 Å². The van der Waals surface area contributed by atoms with Gasteiger partial charge in [-0.2, -0.15) is 0 Å². The lowest BCUT2D eigenvalue weighted by atomic mass is 10.3. The number of nitrogens with zero attached hydrogens (tertiary/aromatic N) is 3. The first-order chi connectivity index (χ1) is 16.5. The van der Waals surface area contributed by atoms with Gasteiger partial charge in [-0.3, -0.25) is 9.36 Å². The van der Waals surface area contributed by atoms with Crippen molar-refractivity contribution in [1.82, 2.24) is 14.8 Å². The highest BCUT2D eigenvalue weighted by Gasteiger charge is 2.16. The van der Waals surface area contributed by atoms with Gasteiger partial charge in [0.1, 0.15) is 17.4 Å². The quantitative estimate of drug-likeness (QED) is 0.331. The Kier molecular flexibility index (Phi) is 7.38. The summed E-state index contributed by atoms with van der Waals surface area (Å²) in [5, 5.41) is 15.0. The number of methoxy groups -OCH3 is 1. The summed E-state index contributed by atoms with van der Waals surface area (Å²) in [4.78, 5) is 12.4. The van der Waals surface area contributed by atoms with Crippen molar-refractivity contribution in [3.8, 4) is 11.4 Å². The van der Waals surface area contributed by atoms with E-state index in [1.165, 1.54) is 48.2 Å². The van der Waals surface area contributed by atoms with Gasteiger partial charge in [-0.25, -0.2) is 8.78 Å². The van der Waals surface area contributed by atoms with E-state index in [9.17, 15) is 13.6 Å². The van der Waals surface area contributed by atoms with E-state index in [1.54, 1.807) is 19.2 Å². The van der Waals surface area contributed by atoms with Crippen molar-refractivity contribution in [1.29, 1.82) is 0 Å². The largest absolute Gasteiger partial charge is 0.497 e. The van der Waals surface area contributed by atoms with E-state index in [4.69, 9.17) is 4.74 Å². The molecule has 10 heteroatoms. The third-order valence-corrected chi connectivity index (χ3v) is 5.72. The van der Waals surface area contributed by atoms with Crippen LogP contribution in [0.2, 0.25) is 0 Å². The molecule has 0 saturated heterocycles. The number of anilines is 2. The maximum Gasteiger partial charge on any atom is 0.234 e. The lowest BCUT2D eigenvalue weighted by molar-refractivity contribution is -0.113. The minimum absolute atomic E-state index is 0.0804. The number of benzene rings is 3. The summed E-state index contributed by atoms with van der Waals surface area (Å²) in [5.41, 5.74) is 2.04. The van der Waals surface area contributed by atoms with E-state index >= 15 is 0 Å². The third kappa shape index (κ3) is 5.90. The van der Waals surface area contributed by atoms with Crippen LogP contribution in [0.3, 0.4) is 0 Å². The summed E-state index contributed by atoms with van der Waals surface area (Å²) < 4.78 is 33.3. The molecule has 0 radical (unpaired) electrons. The Balaban J connectivity index is 1.51. The molecular formula is C24H21F2N5O2S. The summed E-state index contributed by atoms with van der Waals surface area (Å²) in [6.07, 6.45) is 0. The van der Waals surface area contributed by atoms with Crippen LogP contribution in [0.15, 0.2) is 78.0 Å². The first-order valence-corrected chi connectivity index (χ1v) is 11.3. The van der Waals surface area contributed by atoms with Crippen LogP contribution in [0.25, 0.3) is 5.69 Å². The molecule has 34 heavy (non-hydrogen) atoms. The van der Waals surface area contributed by atoms with Crippen LogP contribution in [0.4, 0.5) is 20.2 Å². The first-order valence-electron chi connectivity index (χ1n) is 10.3. The molecule has 1 heterocycles. The molecule has 174 valence electrons. The Hall–Kier alpha value is -3.92. The van der Waals surface area contributed by atoms with Gasteiger partial charge in [0.25, 0.3) is 0 Å². The number of hydrogen-bond donors (Lipinski definition) is 2. The fourth-order valence-electron chi connectivity index (χ4n) is 3.11. The number of rotatable bonds is 9. The van der Waals surface area contributed by atoms with E-state index in [1.807, 2.05) is 28.8 Å². The van der Waals surface area contributed by atoms with Crippen molar-refractivity contribution in [2.45, 2.75) is 11.7 Å². The molecule has 0 spiro atoms. The van der Waals surface area contributed by atoms with E-state index in [2.05, 4.69) is 20.8 Å². The predicted molar refractivity (Wildman–Crippen MR) is 127 cm³/mol. The summed E-state index contributed by atoms with van der Waals surface area (Å²) in [6.45, 7) is 0.326. The van der Waals surface area contributed by atoms with Crippen LogP contribution in [0.1, 0.15) is 5.82 Å². The van der Waals surface area contributed by atoms with Gasteiger partial charge in [-0.15, -0.1) is 10.2 Å². The Morgan fingerprint density at radius 1 is 0.912 bits per heavy atom. The number of amides is 1. The zero-order valence-corrected chi connectivity index (χ0v) is 19.0. The van der Waals surface area contributed by atoms with Gasteiger partial charge in [-0.05, 0) is 72.8 Å². The average molecular weight is 482 g/mol. The number of hydrogen-bond acceptors (Lipinski definition) is 6. The molecule has 0 aliphatic carbocycles. The normalized spacial score (nSPS) is 10.7. The van der Waals surface area contributed by atoms with Crippen LogP contribution >= 0.6 is 11.8 Å². The number of carbonyl (C=O) groups is 1. The highest BCUT2D eigenvalue weighted by molar-refractivity contribution is 7.99. The van der Waals surface area contributed by atoms with Crippen LogP contribution < -0.4 is 15.4 Å². The minimum atomic E-state index is -0.373. The zero-order valence-electron chi connectivity index (χ0n) is 18.2. The molecule has 0 aliphatic rings. The summed E-state index contributed by atoms with van der Waals surface area (Å²) in [6, 6.07) is 19.0. The molecule has 3 aromatic carbocycles. The standard InChI is InChI=1S/C24H21F2N5O2S/c1-33-21-12-10-20(11-13-21)31-22(14-27-18-6-2-16(25)3-7-18)29-30-24(31)34-15-23(32)28-19-8-4-17(26)5-9-19/h2-13,27H,14-15H2,1H3,(H,28,32). The Labute approximate surface area is 199 Å². The molecule has 4 aromatic rings. The van der Waals surface area contributed by atoms with Gasteiger partial charge >= 0.3 is 0 Å². The van der Waals surface area contributed by atoms with Crippen LogP contribution in [0.5, 0.6) is 5.75 Å². The molecule has 4 rings (SSSR count). The molecule has 7 nitrogen and oxygen atoms in total. The number of thioether (sulfide) groups is 1. The van der Waals surface area contributed by atoms with E-state index in [-0.39, 0.29) is 23.3 Å². The topological polar surface area (TPSA) is 81.1 Å². The average Bonchev–Trinajstić information content (AvgIpc) is 3.26. The molecule has 0 atom stereocenters. The van der Waals surface area contributed by atoms with E-state index < -0.39 is 0 Å². The highest BCUT2D eigenvalue weighted by Crippen LogP contribution is 2.25. The van der Waals surface area contributed by atoms with Crippen LogP contribution in [0, 0.1) is 11.6 Å². The van der Waals surface area contributed by atoms with E-state index in [0.29, 0.717) is 29.0 Å². The molecule has 2 N–H and O–H groups in total. The molecule has 0 bridgehead atoms. The number of carbonyl (C=O) groups excluding carboxylic acids is 1. The molecule has 0 saturated carbocycles. The second kappa shape index (κ2) is 10.8. The molecule has 0 aliphatic heterocycles. The lowest BCUT2D eigenvalue weighted by Gasteiger charge is -2.12. The highest BCUT2D eigenvalue weighted by atomic mass is 32.2. The lowest BCUT2D eigenvalue weighted by Crippen LogP contribution is -2.15. The Bertz CT molecular complexity index is 1250. The number of aromatic nitrogens is 3. The smallest absolute Gasteiger partial charge is 0.234 e. The van der Waals surface area contributed by atoms with Gasteiger partial charge in [0.2, 0.25) is 5.91 Å². The number of nitrogens with one attached hydrogen (secondary N) is 2. The summed E-state index contributed by atoms with van der Waals surface area (Å²) >= 11 is 1.22. The van der Waals surface area contributed by atoms with Crippen LogP contribution in [-0.4, -0.2) is 33.5 Å². The summed E-state index contributed by atoms with van der Waals surface area (Å²) in [5.74, 6) is 0.446. The maximum absolute atomic E-state index is 13.2. The van der Waals surface area contributed by atoms with Gasteiger partial charge < -0.3 is 15.4 Å². The number of ether oxygens (including phenoxy) is 1. The van der Waals surface area contributed by atoms with Crippen molar-refractivity contribution >= 4 is 29.0 Å². The number of halogens is 2. The molecule has 1 amide bonds. The molecule has 1 aromatic heterocycles. The van der Waals surface area contributed by atoms with Crippen molar-refractivity contribution in [3.05, 3.63) is 90.3 Å². The van der Waals surface area contributed by atoms with Crippen molar-refractivity contribution < 1.29 is 18.3 Å². The second-order valence-electron chi connectivity index (χ2n) is 7.14. The fourth-order valence-corrected chi connectivity index (χ4v) is 3.88. The van der Waals surface area contributed by atoms with Crippen molar-refractivity contribution in [2.75, 3.05) is 23.5 Å². The Morgan fingerprint density at radius 2 is 1.53 bits per heavy atom. The first kappa shape index (κ1) is 23.2. The van der Waals surface area contributed by atoms with Gasteiger partial charge in [0.05, 0.1) is 19.4 Å². The van der Waals surface area contributed by atoms with Gasteiger partial charge in [-0.1, -0.05) is 11.8 Å². The summed E-state index contributed by atoms with van der Waals surface area (Å²) in [7, 11) is 1.59. The van der Waals surface area contributed by atoms with Crippen molar-refractivity contribution in [2.24, 2.45) is 0 Å². The van der Waals surface area contributed by atoms with Crippen molar-refractivity contribution in [3.63, 3.8) is 0 Å². The Morgan fingerprint density at radius 3 is 2.15 bits per heavy atom. The predicted octanol–water partition coefficient (Wildman–Crippen LogP) is 4.90. The second-order valence-corrected chi connectivity index (χ2v) is 8.08. The minimum Gasteiger partial charge on any atom is -0.497 e. The maximum atomic E-state index is 13.2. The van der Waals surface area contributed by atoms with E-state index in [0.717, 1.165) is 11.4 Å². The van der Waals surface area contributed by atoms with Gasteiger partial charge in [0, 0.05) is 17.1 Å². The zero-order chi connectivity index (χ0) is 23.9. The SMILES string of the molecule is COc1ccc(-n2c(CNc3ccc(F)cc3)nnc2SCC(=O)Nc2ccc(F)cc2)cc1. The molecular weight excluding hydrogens is 460 g/mol. The fraction of sp³-hybridized carbons (Fsp3) is 0.125. The molecule has 0 unspecified atom stereocenters.